The van der Waals surface area contributed by atoms with E-state index in [9.17, 15) is 0 Å². The van der Waals surface area contributed by atoms with E-state index >= 15 is 0 Å². The molecule has 1 aromatic rings. The monoisotopic (exact) mass is 286 g/mol. The average Bonchev–Trinajstić information content (AvgIpc) is 2.55. The molecule has 1 saturated carbocycles. The molecular weight excluding hydrogens is 256 g/mol. The Balaban J connectivity index is 1.51. The number of hydrogen-bond donors (Lipinski definition) is 1. The first-order chi connectivity index (χ1) is 10.3. The molecule has 1 fully saturated rings. The predicted octanol–water partition coefficient (Wildman–Crippen LogP) is 3.60. The van der Waals surface area contributed by atoms with Gasteiger partial charge in [0.05, 0.1) is 0 Å². The molecule has 1 aliphatic carbocycles. The van der Waals surface area contributed by atoms with Crippen molar-refractivity contribution in [2.45, 2.75) is 64.1 Å². The maximum Gasteiger partial charge on any atom is 0.0238 e. The SMILES string of the molecule is CCC1CCC(N(C)CC2Cc3ccccc3CN2)CC1. The third kappa shape index (κ3) is 3.67. The summed E-state index contributed by atoms with van der Waals surface area (Å²) in [6.07, 6.45) is 8.23. The van der Waals surface area contributed by atoms with Gasteiger partial charge in [-0.1, -0.05) is 37.6 Å². The summed E-state index contributed by atoms with van der Waals surface area (Å²) in [5.41, 5.74) is 3.03. The van der Waals surface area contributed by atoms with Gasteiger partial charge in [-0.05, 0) is 56.2 Å². The summed E-state index contributed by atoms with van der Waals surface area (Å²) in [5.74, 6) is 0.995. The van der Waals surface area contributed by atoms with E-state index < -0.39 is 0 Å². The molecule has 0 amide bonds. The van der Waals surface area contributed by atoms with Crippen molar-refractivity contribution in [3.8, 4) is 0 Å². The van der Waals surface area contributed by atoms with Gasteiger partial charge >= 0.3 is 0 Å². The van der Waals surface area contributed by atoms with Gasteiger partial charge in [-0.2, -0.15) is 0 Å². The summed E-state index contributed by atoms with van der Waals surface area (Å²) in [4.78, 5) is 2.62. The maximum atomic E-state index is 3.72. The van der Waals surface area contributed by atoms with Crippen molar-refractivity contribution < 1.29 is 0 Å². The first kappa shape index (κ1) is 15.1. The Labute approximate surface area is 129 Å². The molecule has 21 heavy (non-hydrogen) atoms. The zero-order valence-corrected chi connectivity index (χ0v) is 13.6. The number of nitrogens with one attached hydrogen (secondary N) is 1. The fourth-order valence-corrected chi connectivity index (χ4v) is 4.14. The molecule has 1 aliphatic heterocycles. The van der Waals surface area contributed by atoms with Crippen LogP contribution >= 0.6 is 0 Å². The van der Waals surface area contributed by atoms with Crippen LogP contribution in [0.2, 0.25) is 0 Å². The Kier molecular flexibility index (Phi) is 4.97. The summed E-state index contributed by atoms with van der Waals surface area (Å²) < 4.78 is 0. The van der Waals surface area contributed by atoms with Gasteiger partial charge in [0.15, 0.2) is 0 Å². The van der Waals surface area contributed by atoms with Crippen LogP contribution in [0.15, 0.2) is 24.3 Å². The van der Waals surface area contributed by atoms with Crippen LogP contribution in [0, 0.1) is 5.92 Å². The minimum atomic E-state index is 0.619. The van der Waals surface area contributed by atoms with Crippen molar-refractivity contribution in [2.75, 3.05) is 13.6 Å². The Morgan fingerprint density at radius 2 is 1.81 bits per heavy atom. The largest absolute Gasteiger partial charge is 0.308 e. The fraction of sp³-hybridized carbons (Fsp3) is 0.684. The van der Waals surface area contributed by atoms with E-state index in [2.05, 4.69) is 48.5 Å². The second kappa shape index (κ2) is 6.93. The third-order valence-corrected chi connectivity index (χ3v) is 5.69. The lowest BCUT2D eigenvalue weighted by Crippen LogP contribution is -2.47. The number of hydrogen-bond acceptors (Lipinski definition) is 2. The lowest BCUT2D eigenvalue weighted by molar-refractivity contribution is 0.149. The lowest BCUT2D eigenvalue weighted by Gasteiger charge is -2.37. The van der Waals surface area contributed by atoms with Crippen LogP contribution in [0.4, 0.5) is 0 Å². The predicted molar refractivity (Wildman–Crippen MR) is 89.4 cm³/mol. The molecule has 1 N–H and O–H groups in total. The van der Waals surface area contributed by atoms with Crippen molar-refractivity contribution >= 4 is 0 Å². The molecule has 1 atom stereocenters. The number of nitrogens with zero attached hydrogens (tertiary/aromatic N) is 1. The van der Waals surface area contributed by atoms with E-state index in [4.69, 9.17) is 0 Å². The molecule has 2 nitrogen and oxygen atoms in total. The van der Waals surface area contributed by atoms with E-state index in [0.717, 1.165) is 18.5 Å². The van der Waals surface area contributed by atoms with E-state index in [1.165, 1.54) is 50.6 Å². The molecule has 0 aromatic heterocycles. The highest BCUT2D eigenvalue weighted by Gasteiger charge is 2.26. The van der Waals surface area contributed by atoms with Crippen LogP contribution in [-0.4, -0.2) is 30.6 Å². The molecule has 0 bridgehead atoms. The van der Waals surface area contributed by atoms with Crippen molar-refractivity contribution in [1.82, 2.24) is 10.2 Å². The maximum absolute atomic E-state index is 3.72. The Morgan fingerprint density at radius 1 is 1.10 bits per heavy atom. The normalized spacial score (nSPS) is 29.4. The van der Waals surface area contributed by atoms with Gasteiger partial charge in [0.1, 0.15) is 0 Å². The molecule has 1 heterocycles. The topological polar surface area (TPSA) is 15.3 Å². The molecule has 1 unspecified atom stereocenters. The molecule has 116 valence electrons. The zero-order chi connectivity index (χ0) is 14.7. The van der Waals surface area contributed by atoms with E-state index in [0.29, 0.717) is 6.04 Å². The standard InChI is InChI=1S/C19H30N2/c1-3-15-8-10-19(11-9-15)21(2)14-18-12-16-6-4-5-7-17(16)13-20-18/h4-7,15,18-20H,3,8-14H2,1-2H3. The van der Waals surface area contributed by atoms with Crippen molar-refractivity contribution in [1.29, 1.82) is 0 Å². The number of fused-ring (bicyclic) bond motifs is 1. The van der Waals surface area contributed by atoms with Gasteiger partial charge < -0.3 is 10.2 Å². The molecule has 3 rings (SSSR count). The van der Waals surface area contributed by atoms with Gasteiger partial charge in [-0.15, -0.1) is 0 Å². The van der Waals surface area contributed by atoms with Crippen LogP contribution in [0.1, 0.15) is 50.2 Å². The molecule has 2 aliphatic rings. The lowest BCUT2D eigenvalue weighted by atomic mass is 9.84. The van der Waals surface area contributed by atoms with Crippen LogP contribution in [-0.2, 0) is 13.0 Å². The third-order valence-electron chi connectivity index (χ3n) is 5.69. The zero-order valence-electron chi connectivity index (χ0n) is 13.6. The van der Waals surface area contributed by atoms with Gasteiger partial charge in [0, 0.05) is 25.2 Å². The molecule has 0 radical (unpaired) electrons. The van der Waals surface area contributed by atoms with Crippen molar-refractivity contribution in [3.05, 3.63) is 35.4 Å². The van der Waals surface area contributed by atoms with Crippen molar-refractivity contribution in [3.63, 3.8) is 0 Å². The Hall–Kier alpha value is -0.860. The summed E-state index contributed by atoms with van der Waals surface area (Å²) in [6, 6.07) is 10.3. The first-order valence-electron chi connectivity index (χ1n) is 8.76. The molecule has 1 aromatic carbocycles. The highest BCUT2D eigenvalue weighted by molar-refractivity contribution is 5.29. The minimum absolute atomic E-state index is 0.619. The number of rotatable bonds is 4. The van der Waals surface area contributed by atoms with Gasteiger partial charge in [-0.25, -0.2) is 0 Å². The van der Waals surface area contributed by atoms with Crippen LogP contribution in [0.5, 0.6) is 0 Å². The van der Waals surface area contributed by atoms with E-state index in [1.807, 2.05) is 0 Å². The summed E-state index contributed by atoms with van der Waals surface area (Å²) in [5, 5.41) is 3.72. The summed E-state index contributed by atoms with van der Waals surface area (Å²) >= 11 is 0. The Bertz CT molecular complexity index is 449. The van der Waals surface area contributed by atoms with Gasteiger partial charge in [0.25, 0.3) is 0 Å². The van der Waals surface area contributed by atoms with Crippen LogP contribution in [0.3, 0.4) is 0 Å². The number of benzene rings is 1. The minimum Gasteiger partial charge on any atom is -0.308 e. The quantitative estimate of drug-likeness (QED) is 0.910. The second-order valence-corrected chi connectivity index (χ2v) is 7.07. The van der Waals surface area contributed by atoms with Crippen LogP contribution < -0.4 is 5.32 Å². The van der Waals surface area contributed by atoms with Crippen molar-refractivity contribution in [2.24, 2.45) is 5.92 Å². The van der Waals surface area contributed by atoms with Gasteiger partial charge in [-0.3, -0.25) is 0 Å². The summed E-state index contributed by atoms with van der Waals surface area (Å²) in [6.45, 7) is 4.57. The fourth-order valence-electron chi connectivity index (χ4n) is 4.14. The molecule has 0 spiro atoms. The smallest absolute Gasteiger partial charge is 0.0238 e. The van der Waals surface area contributed by atoms with Crippen LogP contribution in [0.25, 0.3) is 0 Å². The average molecular weight is 286 g/mol. The number of likely N-dealkylation sites (N-methyl/N-ethyl adjacent to an activating group) is 1. The first-order valence-corrected chi connectivity index (χ1v) is 8.76. The van der Waals surface area contributed by atoms with E-state index in [-0.39, 0.29) is 0 Å². The second-order valence-electron chi connectivity index (χ2n) is 7.07. The van der Waals surface area contributed by atoms with E-state index in [1.54, 1.807) is 5.56 Å². The van der Waals surface area contributed by atoms with Gasteiger partial charge in [0.2, 0.25) is 0 Å². The highest BCUT2D eigenvalue weighted by atomic mass is 15.2. The highest BCUT2D eigenvalue weighted by Crippen LogP contribution is 2.29. The molecule has 0 saturated heterocycles. The summed E-state index contributed by atoms with van der Waals surface area (Å²) in [7, 11) is 2.33. The Morgan fingerprint density at radius 3 is 2.52 bits per heavy atom. The molecule has 2 heteroatoms. The molecular formula is C19H30N2.